The summed E-state index contributed by atoms with van der Waals surface area (Å²) >= 11 is 1.47. The lowest BCUT2D eigenvalue weighted by Crippen LogP contribution is -1.99. The molecule has 0 atom stereocenters. The Kier molecular flexibility index (Phi) is 5.87. The van der Waals surface area contributed by atoms with Crippen LogP contribution in [-0.4, -0.2) is 23.6 Å². The molecule has 0 aliphatic rings. The van der Waals surface area contributed by atoms with E-state index in [1.165, 1.54) is 17.4 Å². The van der Waals surface area contributed by atoms with E-state index in [0.717, 1.165) is 10.6 Å². The molecule has 0 unspecified atom stereocenters. The third kappa shape index (κ3) is 4.35. The van der Waals surface area contributed by atoms with Crippen molar-refractivity contribution in [3.63, 3.8) is 0 Å². The molecular formula is C19H18N2O5S. The summed E-state index contributed by atoms with van der Waals surface area (Å²) in [7, 11) is 1.59. The molecule has 0 saturated heterocycles. The highest BCUT2D eigenvalue weighted by atomic mass is 32.1. The third-order valence-corrected chi connectivity index (χ3v) is 4.64. The Morgan fingerprint density at radius 1 is 1.11 bits per heavy atom. The molecule has 0 radical (unpaired) electrons. The van der Waals surface area contributed by atoms with Crippen molar-refractivity contribution >= 4 is 17.0 Å². The van der Waals surface area contributed by atoms with Gasteiger partial charge in [0.2, 0.25) is 0 Å². The van der Waals surface area contributed by atoms with Gasteiger partial charge in [-0.15, -0.1) is 11.3 Å². The Labute approximate surface area is 160 Å². The van der Waals surface area contributed by atoms with Crippen LogP contribution in [-0.2, 0) is 6.61 Å². The van der Waals surface area contributed by atoms with Gasteiger partial charge in [0.15, 0.2) is 17.2 Å². The third-order valence-electron chi connectivity index (χ3n) is 3.70. The van der Waals surface area contributed by atoms with Crippen molar-refractivity contribution in [2.75, 3.05) is 13.7 Å². The number of hydrogen-bond acceptors (Lipinski definition) is 7. The highest BCUT2D eigenvalue weighted by Crippen LogP contribution is 2.34. The lowest BCUT2D eigenvalue weighted by Gasteiger charge is -2.10. The van der Waals surface area contributed by atoms with Gasteiger partial charge < -0.3 is 14.2 Å². The van der Waals surface area contributed by atoms with Crippen molar-refractivity contribution in [2.24, 2.45) is 0 Å². The smallest absolute Gasteiger partial charge is 0.310 e. The van der Waals surface area contributed by atoms with E-state index in [9.17, 15) is 10.1 Å². The zero-order valence-electron chi connectivity index (χ0n) is 14.9. The molecule has 0 saturated carbocycles. The first kappa shape index (κ1) is 18.7. The maximum absolute atomic E-state index is 11.0. The van der Waals surface area contributed by atoms with Crippen molar-refractivity contribution in [1.82, 2.24) is 4.98 Å². The second kappa shape index (κ2) is 8.50. The molecule has 0 aliphatic heterocycles. The van der Waals surface area contributed by atoms with Gasteiger partial charge in [-0.25, -0.2) is 4.98 Å². The van der Waals surface area contributed by atoms with E-state index in [1.807, 2.05) is 30.5 Å². The van der Waals surface area contributed by atoms with Crippen LogP contribution < -0.4 is 14.2 Å². The number of nitro groups is 1. The fraction of sp³-hybridized carbons (Fsp3) is 0.211. The lowest BCUT2D eigenvalue weighted by molar-refractivity contribution is -0.385. The minimum absolute atomic E-state index is 0.0656. The van der Waals surface area contributed by atoms with Gasteiger partial charge in [-0.05, 0) is 31.2 Å². The fourth-order valence-electron chi connectivity index (χ4n) is 2.46. The number of para-hydroxylation sites is 2. The van der Waals surface area contributed by atoms with Crippen LogP contribution in [0.1, 0.15) is 12.6 Å². The van der Waals surface area contributed by atoms with Crippen LogP contribution in [0, 0.1) is 10.1 Å². The predicted octanol–water partition coefficient (Wildman–Crippen LogP) is 4.70. The van der Waals surface area contributed by atoms with E-state index in [-0.39, 0.29) is 18.0 Å². The number of benzene rings is 2. The molecule has 7 nitrogen and oxygen atoms in total. The summed E-state index contributed by atoms with van der Waals surface area (Å²) in [6.45, 7) is 2.62. The summed E-state index contributed by atoms with van der Waals surface area (Å²) in [5.74, 6) is 1.54. The number of methoxy groups -OCH3 is 1. The second-order valence-electron chi connectivity index (χ2n) is 5.46. The number of aromatic nitrogens is 1. The molecule has 0 spiro atoms. The van der Waals surface area contributed by atoms with Crippen molar-refractivity contribution < 1.29 is 19.1 Å². The number of hydrogen-bond donors (Lipinski definition) is 0. The average molecular weight is 386 g/mol. The Balaban J connectivity index is 1.75. The molecule has 140 valence electrons. The number of rotatable bonds is 8. The van der Waals surface area contributed by atoms with Crippen LogP contribution >= 0.6 is 11.3 Å². The first-order valence-corrected chi connectivity index (χ1v) is 9.12. The minimum Gasteiger partial charge on any atom is -0.493 e. The Hall–Kier alpha value is -3.13. The molecule has 8 heteroatoms. The molecule has 0 fully saturated rings. The van der Waals surface area contributed by atoms with Crippen LogP contribution in [0.15, 0.2) is 47.8 Å². The molecule has 1 aromatic heterocycles. The molecule has 0 bridgehead atoms. The maximum atomic E-state index is 11.0. The fourth-order valence-corrected chi connectivity index (χ4v) is 3.26. The van der Waals surface area contributed by atoms with E-state index in [2.05, 4.69) is 4.98 Å². The van der Waals surface area contributed by atoms with Gasteiger partial charge in [-0.3, -0.25) is 10.1 Å². The summed E-state index contributed by atoms with van der Waals surface area (Å²) < 4.78 is 16.5. The Morgan fingerprint density at radius 3 is 2.67 bits per heavy atom. The van der Waals surface area contributed by atoms with Crippen LogP contribution in [0.25, 0.3) is 10.6 Å². The minimum atomic E-state index is -0.464. The maximum Gasteiger partial charge on any atom is 0.310 e. The molecule has 3 aromatic rings. The van der Waals surface area contributed by atoms with E-state index in [0.29, 0.717) is 23.8 Å². The van der Waals surface area contributed by atoms with Crippen LogP contribution in [0.4, 0.5) is 5.69 Å². The zero-order valence-corrected chi connectivity index (χ0v) is 15.7. The topological polar surface area (TPSA) is 83.7 Å². The van der Waals surface area contributed by atoms with Gasteiger partial charge in [0.25, 0.3) is 0 Å². The molecule has 27 heavy (non-hydrogen) atoms. The highest BCUT2D eigenvalue weighted by molar-refractivity contribution is 7.13. The normalized spacial score (nSPS) is 10.4. The molecule has 3 rings (SSSR count). The molecular weight excluding hydrogens is 368 g/mol. The van der Waals surface area contributed by atoms with Crippen molar-refractivity contribution in [2.45, 2.75) is 13.5 Å². The van der Waals surface area contributed by atoms with Crippen LogP contribution in [0.3, 0.4) is 0 Å². The summed E-state index contributed by atoms with van der Waals surface area (Å²) in [6, 6.07) is 11.9. The molecule has 0 aliphatic carbocycles. The van der Waals surface area contributed by atoms with Crippen molar-refractivity contribution in [1.29, 1.82) is 0 Å². The quantitative estimate of drug-likeness (QED) is 0.412. The van der Waals surface area contributed by atoms with Gasteiger partial charge in [0, 0.05) is 17.0 Å². The predicted molar refractivity (Wildman–Crippen MR) is 103 cm³/mol. The largest absolute Gasteiger partial charge is 0.493 e. The van der Waals surface area contributed by atoms with E-state index < -0.39 is 4.92 Å². The van der Waals surface area contributed by atoms with Gasteiger partial charge in [0.1, 0.15) is 11.6 Å². The number of ether oxygens (including phenoxy) is 3. The highest BCUT2D eigenvalue weighted by Gasteiger charge is 2.15. The summed E-state index contributed by atoms with van der Waals surface area (Å²) in [6.07, 6.45) is 0. The standard InChI is InChI=1S/C19H18N2O5S/c1-3-25-17-9-8-13(10-18(17)24-2)19-20-14(12-27-19)11-26-16-7-5-4-6-15(16)21(22)23/h4-10,12H,3,11H2,1-2H3. The van der Waals surface area contributed by atoms with Crippen LogP contribution in [0.5, 0.6) is 17.2 Å². The van der Waals surface area contributed by atoms with Gasteiger partial charge in [-0.2, -0.15) is 0 Å². The Morgan fingerprint density at radius 2 is 1.93 bits per heavy atom. The number of thiazole rings is 1. The summed E-state index contributed by atoms with van der Waals surface area (Å²) in [4.78, 5) is 15.1. The first-order chi connectivity index (χ1) is 13.1. The molecule has 2 aromatic carbocycles. The molecule has 0 N–H and O–H groups in total. The van der Waals surface area contributed by atoms with Crippen LogP contribution in [0.2, 0.25) is 0 Å². The van der Waals surface area contributed by atoms with E-state index in [1.54, 1.807) is 25.3 Å². The van der Waals surface area contributed by atoms with E-state index >= 15 is 0 Å². The lowest BCUT2D eigenvalue weighted by atomic mass is 10.2. The number of nitrogens with zero attached hydrogens (tertiary/aromatic N) is 2. The molecule has 0 amide bonds. The second-order valence-corrected chi connectivity index (χ2v) is 6.31. The first-order valence-electron chi connectivity index (χ1n) is 8.24. The summed E-state index contributed by atoms with van der Waals surface area (Å²) in [5.41, 5.74) is 1.53. The summed E-state index contributed by atoms with van der Waals surface area (Å²) in [5, 5.41) is 13.7. The molecule has 1 heterocycles. The van der Waals surface area contributed by atoms with Gasteiger partial charge >= 0.3 is 5.69 Å². The number of nitro benzene ring substituents is 1. The SMILES string of the molecule is CCOc1ccc(-c2nc(COc3ccccc3[N+](=O)[O-])cs2)cc1OC. The van der Waals surface area contributed by atoms with Gasteiger partial charge in [-0.1, -0.05) is 12.1 Å². The van der Waals surface area contributed by atoms with Crippen molar-refractivity contribution in [3.05, 3.63) is 63.7 Å². The van der Waals surface area contributed by atoms with Gasteiger partial charge in [0.05, 0.1) is 24.3 Å². The average Bonchev–Trinajstić information content (AvgIpc) is 3.16. The zero-order chi connectivity index (χ0) is 19.2. The van der Waals surface area contributed by atoms with E-state index in [4.69, 9.17) is 14.2 Å². The van der Waals surface area contributed by atoms with Crippen molar-refractivity contribution in [3.8, 4) is 27.8 Å². The Bertz CT molecular complexity index is 941. The monoisotopic (exact) mass is 386 g/mol.